The average Bonchev–Trinajstić information content (AvgIpc) is 3.01. The highest BCUT2D eigenvalue weighted by molar-refractivity contribution is 7.10. The Kier molecular flexibility index (Phi) is 5.79. The zero-order chi connectivity index (χ0) is 15.2. The van der Waals surface area contributed by atoms with Crippen molar-refractivity contribution in [2.75, 3.05) is 13.7 Å². The van der Waals surface area contributed by atoms with Crippen molar-refractivity contribution >= 4 is 11.3 Å². The lowest BCUT2D eigenvalue weighted by Gasteiger charge is -2.23. The lowest BCUT2D eigenvalue weighted by atomic mass is 10.0. The summed E-state index contributed by atoms with van der Waals surface area (Å²) in [6, 6.07) is 12.0. The van der Waals surface area contributed by atoms with Gasteiger partial charge < -0.3 is 15.2 Å². The van der Waals surface area contributed by atoms with Crippen LogP contribution < -0.4 is 10.1 Å². The molecule has 0 saturated heterocycles. The van der Waals surface area contributed by atoms with Gasteiger partial charge >= 0.3 is 0 Å². The number of hydrogen-bond donors (Lipinski definition) is 2. The van der Waals surface area contributed by atoms with E-state index in [-0.39, 0.29) is 6.04 Å². The molecule has 21 heavy (non-hydrogen) atoms. The van der Waals surface area contributed by atoms with Gasteiger partial charge in [-0.2, -0.15) is 0 Å². The van der Waals surface area contributed by atoms with Crippen LogP contribution in [0.1, 0.15) is 36.4 Å². The van der Waals surface area contributed by atoms with Crippen molar-refractivity contribution in [3.05, 3.63) is 52.2 Å². The Balaban J connectivity index is 1.96. The summed E-state index contributed by atoms with van der Waals surface area (Å²) in [5.74, 6) is 1.28. The molecule has 0 aliphatic heterocycles. The molecule has 1 aromatic carbocycles. The monoisotopic (exact) mass is 305 g/mol. The van der Waals surface area contributed by atoms with Crippen molar-refractivity contribution in [1.29, 1.82) is 0 Å². The number of aliphatic hydroxyl groups is 1. The summed E-state index contributed by atoms with van der Waals surface area (Å²) < 4.78 is 5.13. The molecule has 0 spiro atoms. The molecule has 2 atom stereocenters. The van der Waals surface area contributed by atoms with E-state index in [0.717, 1.165) is 11.3 Å². The van der Waals surface area contributed by atoms with E-state index in [1.54, 1.807) is 18.4 Å². The second-order valence-corrected chi connectivity index (χ2v) is 6.41. The number of methoxy groups -OCH3 is 1. The van der Waals surface area contributed by atoms with Crippen LogP contribution in [0.5, 0.6) is 5.75 Å². The Hall–Kier alpha value is -1.36. The Labute approximate surface area is 130 Å². The van der Waals surface area contributed by atoms with Crippen LogP contribution >= 0.6 is 11.3 Å². The zero-order valence-electron chi connectivity index (χ0n) is 12.7. The Morgan fingerprint density at radius 2 is 1.90 bits per heavy atom. The van der Waals surface area contributed by atoms with E-state index < -0.39 is 6.10 Å². The molecule has 1 aromatic heterocycles. The van der Waals surface area contributed by atoms with Crippen LogP contribution in [0.15, 0.2) is 41.8 Å². The molecule has 4 heteroatoms. The minimum Gasteiger partial charge on any atom is -0.497 e. The number of thiophene rings is 1. The van der Waals surface area contributed by atoms with Crippen LogP contribution in [0.2, 0.25) is 0 Å². The van der Waals surface area contributed by atoms with E-state index in [2.05, 4.69) is 36.7 Å². The van der Waals surface area contributed by atoms with Crippen molar-refractivity contribution in [2.45, 2.75) is 26.0 Å². The summed E-state index contributed by atoms with van der Waals surface area (Å²) in [6.07, 6.45) is -0.517. The van der Waals surface area contributed by atoms with Crippen LogP contribution in [-0.4, -0.2) is 18.8 Å². The van der Waals surface area contributed by atoms with Crippen molar-refractivity contribution in [2.24, 2.45) is 5.92 Å². The number of hydrogen-bond acceptors (Lipinski definition) is 4. The molecule has 114 valence electrons. The lowest BCUT2D eigenvalue weighted by Crippen LogP contribution is -2.29. The van der Waals surface area contributed by atoms with Gasteiger partial charge in [0.25, 0.3) is 0 Å². The summed E-state index contributed by atoms with van der Waals surface area (Å²) in [7, 11) is 1.64. The molecule has 3 nitrogen and oxygen atoms in total. The van der Waals surface area contributed by atoms with Crippen LogP contribution in [0.25, 0.3) is 0 Å². The molecular formula is C17H23NO2S. The predicted molar refractivity (Wildman–Crippen MR) is 87.9 cm³/mol. The Morgan fingerprint density at radius 3 is 2.43 bits per heavy atom. The molecule has 2 rings (SSSR count). The molecule has 2 unspecified atom stereocenters. The van der Waals surface area contributed by atoms with E-state index in [1.807, 2.05) is 24.3 Å². The maximum Gasteiger partial charge on any atom is 0.118 e. The minimum absolute atomic E-state index is 0.276. The van der Waals surface area contributed by atoms with E-state index in [0.29, 0.717) is 12.5 Å². The first-order valence-corrected chi connectivity index (χ1v) is 8.08. The molecule has 2 N–H and O–H groups in total. The number of rotatable bonds is 7. The van der Waals surface area contributed by atoms with E-state index in [4.69, 9.17) is 4.74 Å². The number of aliphatic hydroxyl groups excluding tert-OH is 1. The first kappa shape index (κ1) is 16.0. The summed E-state index contributed by atoms with van der Waals surface area (Å²) in [5.41, 5.74) is 0.900. The summed E-state index contributed by atoms with van der Waals surface area (Å²) >= 11 is 1.75. The third kappa shape index (κ3) is 4.30. The fourth-order valence-corrected chi connectivity index (χ4v) is 3.29. The molecule has 0 radical (unpaired) electrons. The SMILES string of the molecule is COc1ccc(C(O)CNC(c2cccs2)C(C)C)cc1. The fourth-order valence-electron chi connectivity index (χ4n) is 2.32. The van der Waals surface area contributed by atoms with Gasteiger partial charge in [-0.05, 0) is 35.1 Å². The van der Waals surface area contributed by atoms with Gasteiger partial charge in [0.05, 0.1) is 13.2 Å². The maximum atomic E-state index is 10.3. The van der Waals surface area contributed by atoms with Crippen molar-refractivity contribution in [3.63, 3.8) is 0 Å². The van der Waals surface area contributed by atoms with Crippen molar-refractivity contribution in [3.8, 4) is 5.75 Å². The van der Waals surface area contributed by atoms with Crippen molar-refractivity contribution in [1.82, 2.24) is 5.32 Å². The minimum atomic E-state index is -0.517. The quantitative estimate of drug-likeness (QED) is 0.818. The van der Waals surface area contributed by atoms with Gasteiger partial charge in [-0.3, -0.25) is 0 Å². The first-order valence-electron chi connectivity index (χ1n) is 7.20. The number of ether oxygens (including phenoxy) is 1. The predicted octanol–water partition coefficient (Wildman–Crippen LogP) is 3.78. The van der Waals surface area contributed by atoms with Gasteiger partial charge in [0, 0.05) is 17.5 Å². The van der Waals surface area contributed by atoms with E-state index >= 15 is 0 Å². The third-order valence-corrected chi connectivity index (χ3v) is 4.50. The molecule has 0 bridgehead atoms. The van der Waals surface area contributed by atoms with Gasteiger partial charge in [0.1, 0.15) is 5.75 Å². The maximum absolute atomic E-state index is 10.3. The molecule has 0 saturated carbocycles. The van der Waals surface area contributed by atoms with E-state index in [1.165, 1.54) is 4.88 Å². The van der Waals surface area contributed by atoms with Gasteiger partial charge in [-0.25, -0.2) is 0 Å². The van der Waals surface area contributed by atoms with Gasteiger partial charge in [0.2, 0.25) is 0 Å². The van der Waals surface area contributed by atoms with Crippen LogP contribution in [0, 0.1) is 5.92 Å². The Bertz CT molecular complexity index is 522. The highest BCUT2D eigenvalue weighted by Gasteiger charge is 2.18. The molecule has 2 aromatic rings. The van der Waals surface area contributed by atoms with Gasteiger partial charge in [-0.15, -0.1) is 11.3 Å². The molecule has 0 aliphatic carbocycles. The van der Waals surface area contributed by atoms with Gasteiger partial charge in [-0.1, -0.05) is 32.0 Å². The largest absolute Gasteiger partial charge is 0.497 e. The summed E-state index contributed by atoms with van der Waals surface area (Å²) in [4.78, 5) is 1.31. The molecule has 0 fully saturated rings. The lowest BCUT2D eigenvalue weighted by molar-refractivity contribution is 0.166. The van der Waals surface area contributed by atoms with Crippen molar-refractivity contribution < 1.29 is 9.84 Å². The number of benzene rings is 1. The third-order valence-electron chi connectivity index (χ3n) is 3.55. The molecule has 0 aliphatic rings. The highest BCUT2D eigenvalue weighted by atomic mass is 32.1. The normalized spacial score (nSPS) is 14.1. The average molecular weight is 305 g/mol. The first-order chi connectivity index (χ1) is 10.1. The topological polar surface area (TPSA) is 41.5 Å². The summed E-state index contributed by atoms with van der Waals surface area (Å²) in [6.45, 7) is 4.92. The summed E-state index contributed by atoms with van der Waals surface area (Å²) in [5, 5.41) is 15.9. The second kappa shape index (κ2) is 7.59. The van der Waals surface area contributed by atoms with Crippen LogP contribution in [-0.2, 0) is 0 Å². The Morgan fingerprint density at radius 1 is 1.19 bits per heavy atom. The van der Waals surface area contributed by atoms with E-state index in [9.17, 15) is 5.11 Å². The standard InChI is InChI=1S/C17H23NO2S/c1-12(2)17(16-5-4-10-21-16)18-11-15(19)13-6-8-14(20-3)9-7-13/h4-10,12,15,17-19H,11H2,1-3H3. The van der Waals surface area contributed by atoms with Crippen LogP contribution in [0.4, 0.5) is 0 Å². The second-order valence-electron chi connectivity index (χ2n) is 5.43. The smallest absolute Gasteiger partial charge is 0.118 e. The molecule has 1 heterocycles. The van der Waals surface area contributed by atoms with Crippen LogP contribution in [0.3, 0.4) is 0 Å². The zero-order valence-corrected chi connectivity index (χ0v) is 13.6. The number of nitrogens with one attached hydrogen (secondary N) is 1. The molecular weight excluding hydrogens is 282 g/mol. The fraction of sp³-hybridized carbons (Fsp3) is 0.412. The highest BCUT2D eigenvalue weighted by Crippen LogP contribution is 2.26. The molecule has 0 amide bonds. The van der Waals surface area contributed by atoms with Gasteiger partial charge in [0.15, 0.2) is 0 Å².